The fourth-order valence-electron chi connectivity index (χ4n) is 1.96. The Morgan fingerprint density at radius 2 is 2.10 bits per heavy atom. The summed E-state index contributed by atoms with van der Waals surface area (Å²) in [6.07, 6.45) is 5.42. The minimum atomic E-state index is 0.696. The first kappa shape index (κ1) is 8.45. The van der Waals surface area contributed by atoms with Crippen LogP contribution >= 0.6 is 12.6 Å². The molecule has 0 aliphatic heterocycles. The molecule has 0 spiro atoms. The summed E-state index contributed by atoms with van der Waals surface area (Å²) in [5.41, 5.74) is 0. The van der Waals surface area contributed by atoms with E-state index in [0.717, 1.165) is 11.8 Å². The first-order valence-corrected chi connectivity index (χ1v) is 4.93. The van der Waals surface area contributed by atoms with E-state index in [1.807, 2.05) is 0 Å². The normalized spacial score (nSPS) is 41.7. The molecule has 1 fully saturated rings. The zero-order valence-electron chi connectivity index (χ0n) is 7.01. The van der Waals surface area contributed by atoms with E-state index >= 15 is 0 Å². The minimum Gasteiger partial charge on any atom is -0.176 e. The molecule has 0 aromatic carbocycles. The summed E-state index contributed by atoms with van der Waals surface area (Å²) in [5.74, 6) is 1.91. The first-order chi connectivity index (χ1) is 4.74. The Kier molecular flexibility index (Phi) is 3.09. The molecule has 1 heteroatoms. The van der Waals surface area contributed by atoms with Gasteiger partial charge < -0.3 is 0 Å². The third-order valence-electron chi connectivity index (χ3n) is 2.86. The second kappa shape index (κ2) is 3.66. The fourth-order valence-corrected chi connectivity index (χ4v) is 2.38. The second-order valence-corrected chi connectivity index (χ2v) is 4.34. The van der Waals surface area contributed by atoms with Crippen LogP contribution in [0.2, 0.25) is 0 Å². The van der Waals surface area contributed by atoms with Gasteiger partial charge in [-0.05, 0) is 31.1 Å². The highest BCUT2D eigenvalue weighted by atomic mass is 32.1. The zero-order chi connectivity index (χ0) is 7.56. The van der Waals surface area contributed by atoms with E-state index in [2.05, 4.69) is 26.5 Å². The first-order valence-electron chi connectivity index (χ1n) is 4.42. The topological polar surface area (TPSA) is 0 Å². The highest BCUT2D eigenvalue weighted by Crippen LogP contribution is 2.33. The zero-order valence-corrected chi connectivity index (χ0v) is 7.90. The Labute approximate surface area is 69.8 Å². The van der Waals surface area contributed by atoms with Gasteiger partial charge in [-0.3, -0.25) is 0 Å². The van der Waals surface area contributed by atoms with Crippen molar-refractivity contribution in [1.82, 2.24) is 0 Å². The van der Waals surface area contributed by atoms with Crippen LogP contribution in [0.1, 0.15) is 39.5 Å². The number of rotatable bonds is 1. The third kappa shape index (κ3) is 1.91. The molecule has 0 heterocycles. The van der Waals surface area contributed by atoms with Crippen molar-refractivity contribution in [2.45, 2.75) is 44.8 Å². The van der Waals surface area contributed by atoms with Crippen LogP contribution in [0.25, 0.3) is 0 Å². The molecule has 0 radical (unpaired) electrons. The number of hydrogen-bond donors (Lipinski definition) is 1. The van der Waals surface area contributed by atoms with Crippen LogP contribution in [-0.2, 0) is 0 Å². The molecule has 3 unspecified atom stereocenters. The molecule has 3 atom stereocenters. The van der Waals surface area contributed by atoms with Gasteiger partial charge in [0, 0.05) is 5.25 Å². The van der Waals surface area contributed by atoms with E-state index in [4.69, 9.17) is 0 Å². The summed E-state index contributed by atoms with van der Waals surface area (Å²) in [4.78, 5) is 0. The highest BCUT2D eigenvalue weighted by molar-refractivity contribution is 7.80. The monoisotopic (exact) mass is 158 g/mol. The van der Waals surface area contributed by atoms with Gasteiger partial charge in [-0.25, -0.2) is 0 Å². The molecule has 1 aliphatic carbocycles. The van der Waals surface area contributed by atoms with Gasteiger partial charge in [0.25, 0.3) is 0 Å². The molecular weight excluding hydrogens is 140 g/mol. The predicted octanol–water partition coefficient (Wildman–Crippen LogP) is 3.13. The van der Waals surface area contributed by atoms with Crippen molar-refractivity contribution in [2.75, 3.05) is 0 Å². The Balaban J connectivity index is 2.38. The Hall–Kier alpha value is 0.350. The number of hydrogen-bond acceptors (Lipinski definition) is 1. The standard InChI is InChI=1S/C9H18S/c1-3-8-6-9(10)5-4-7(8)2/h7-10H,3-6H2,1-2H3. The Morgan fingerprint density at radius 1 is 1.40 bits per heavy atom. The fraction of sp³-hybridized carbons (Fsp3) is 1.00. The van der Waals surface area contributed by atoms with Gasteiger partial charge >= 0.3 is 0 Å². The lowest BCUT2D eigenvalue weighted by Crippen LogP contribution is -2.22. The molecule has 1 saturated carbocycles. The van der Waals surface area contributed by atoms with Crippen LogP contribution in [0, 0.1) is 11.8 Å². The summed E-state index contributed by atoms with van der Waals surface area (Å²) in [6, 6.07) is 0. The lowest BCUT2D eigenvalue weighted by molar-refractivity contribution is 0.256. The smallest absolute Gasteiger partial charge is 0.00196 e. The van der Waals surface area contributed by atoms with Crippen molar-refractivity contribution in [1.29, 1.82) is 0 Å². The van der Waals surface area contributed by atoms with Gasteiger partial charge in [0.1, 0.15) is 0 Å². The maximum Gasteiger partial charge on any atom is 0.00196 e. The van der Waals surface area contributed by atoms with E-state index in [1.165, 1.54) is 25.7 Å². The highest BCUT2D eigenvalue weighted by Gasteiger charge is 2.23. The molecule has 0 saturated heterocycles. The van der Waals surface area contributed by atoms with Crippen molar-refractivity contribution in [3.63, 3.8) is 0 Å². The molecule has 0 aromatic rings. The lowest BCUT2D eigenvalue weighted by Gasteiger charge is -2.31. The van der Waals surface area contributed by atoms with Gasteiger partial charge in [0.05, 0.1) is 0 Å². The Morgan fingerprint density at radius 3 is 2.60 bits per heavy atom. The average Bonchev–Trinajstić information content (AvgIpc) is 1.94. The molecule has 0 aromatic heterocycles. The van der Waals surface area contributed by atoms with Gasteiger partial charge in [-0.15, -0.1) is 0 Å². The van der Waals surface area contributed by atoms with E-state index in [9.17, 15) is 0 Å². The summed E-state index contributed by atoms with van der Waals surface area (Å²) in [6.45, 7) is 4.68. The maximum atomic E-state index is 4.52. The van der Waals surface area contributed by atoms with Crippen LogP contribution in [0.15, 0.2) is 0 Å². The van der Waals surface area contributed by atoms with Gasteiger partial charge in [0.15, 0.2) is 0 Å². The third-order valence-corrected chi connectivity index (χ3v) is 3.33. The van der Waals surface area contributed by atoms with E-state index in [1.54, 1.807) is 0 Å². The predicted molar refractivity (Wildman–Crippen MR) is 49.6 cm³/mol. The second-order valence-electron chi connectivity index (χ2n) is 3.61. The van der Waals surface area contributed by atoms with Crippen molar-refractivity contribution in [2.24, 2.45) is 11.8 Å². The van der Waals surface area contributed by atoms with E-state index in [-0.39, 0.29) is 0 Å². The molecule has 0 N–H and O–H groups in total. The molecule has 60 valence electrons. The minimum absolute atomic E-state index is 0.696. The quantitative estimate of drug-likeness (QED) is 0.557. The molecular formula is C9H18S. The van der Waals surface area contributed by atoms with E-state index in [0.29, 0.717) is 5.25 Å². The summed E-state index contributed by atoms with van der Waals surface area (Å²) >= 11 is 4.52. The largest absolute Gasteiger partial charge is 0.176 e. The van der Waals surface area contributed by atoms with Crippen molar-refractivity contribution in [3.8, 4) is 0 Å². The lowest BCUT2D eigenvalue weighted by atomic mass is 9.79. The number of thiol groups is 1. The van der Waals surface area contributed by atoms with Crippen molar-refractivity contribution >= 4 is 12.6 Å². The maximum absolute atomic E-state index is 4.52. The van der Waals surface area contributed by atoms with Crippen molar-refractivity contribution in [3.05, 3.63) is 0 Å². The van der Waals surface area contributed by atoms with Gasteiger partial charge in [-0.1, -0.05) is 20.3 Å². The molecule has 10 heavy (non-hydrogen) atoms. The van der Waals surface area contributed by atoms with Gasteiger partial charge in [0.2, 0.25) is 0 Å². The summed E-state index contributed by atoms with van der Waals surface area (Å²) < 4.78 is 0. The molecule has 1 rings (SSSR count). The molecule has 1 aliphatic rings. The van der Waals surface area contributed by atoms with Crippen LogP contribution in [-0.4, -0.2) is 5.25 Å². The average molecular weight is 158 g/mol. The van der Waals surface area contributed by atoms with Crippen LogP contribution in [0.5, 0.6) is 0 Å². The molecule has 0 amide bonds. The van der Waals surface area contributed by atoms with Crippen LogP contribution in [0.4, 0.5) is 0 Å². The van der Waals surface area contributed by atoms with Crippen LogP contribution < -0.4 is 0 Å². The summed E-state index contributed by atoms with van der Waals surface area (Å²) in [7, 11) is 0. The molecule has 0 nitrogen and oxygen atoms in total. The Bertz CT molecular complexity index is 101. The SMILES string of the molecule is CCC1CC(S)CCC1C. The van der Waals surface area contributed by atoms with Crippen LogP contribution in [0.3, 0.4) is 0 Å². The molecule has 0 bridgehead atoms. The van der Waals surface area contributed by atoms with E-state index < -0.39 is 0 Å². The summed E-state index contributed by atoms with van der Waals surface area (Å²) in [5, 5.41) is 0.696. The van der Waals surface area contributed by atoms with Gasteiger partial charge in [-0.2, -0.15) is 12.6 Å². The van der Waals surface area contributed by atoms with Crippen molar-refractivity contribution < 1.29 is 0 Å².